The predicted molar refractivity (Wildman–Crippen MR) is 103 cm³/mol. The predicted octanol–water partition coefficient (Wildman–Crippen LogP) is 3.54. The number of halogens is 2. The molecule has 0 aliphatic heterocycles. The molecule has 0 atom stereocenters. The number of hydrogen-bond acceptors (Lipinski definition) is 5. The second-order valence-electron chi connectivity index (χ2n) is 5.97. The molecule has 9 heteroatoms. The van der Waals surface area contributed by atoms with Gasteiger partial charge in [0.2, 0.25) is 0 Å². The van der Waals surface area contributed by atoms with E-state index >= 15 is 0 Å². The van der Waals surface area contributed by atoms with Gasteiger partial charge in [0.05, 0.1) is 5.71 Å². The number of benzene rings is 2. The normalized spacial score (nSPS) is 11.5. The minimum Gasteiger partial charge on any atom is -0.312 e. The molecule has 0 unspecified atom stereocenters. The first-order valence-electron chi connectivity index (χ1n) is 8.30. The summed E-state index contributed by atoms with van der Waals surface area (Å²) in [5.41, 5.74) is 3.95. The largest absolute Gasteiger partial charge is 0.312 e. The molecule has 6 nitrogen and oxygen atoms in total. The summed E-state index contributed by atoms with van der Waals surface area (Å²) in [4.78, 5) is 12.2. The summed E-state index contributed by atoms with van der Waals surface area (Å²) in [6.07, 6.45) is 1.63. The van der Waals surface area contributed by atoms with E-state index in [9.17, 15) is 13.6 Å². The maximum absolute atomic E-state index is 13.7. The fraction of sp³-hybridized carbons (Fsp3) is 0.158. The maximum atomic E-state index is 13.7. The lowest BCUT2D eigenvalue weighted by Crippen LogP contribution is -2.19. The second-order valence-corrected chi connectivity index (χ2v) is 6.91. The maximum Gasteiger partial charge on any atom is 0.271 e. The molecular formula is C19H17F2N5OS. The van der Waals surface area contributed by atoms with Crippen LogP contribution in [0.1, 0.15) is 28.4 Å². The van der Waals surface area contributed by atoms with Crippen LogP contribution in [0.5, 0.6) is 0 Å². The molecule has 2 aromatic carbocycles. The minimum absolute atomic E-state index is 0.00329. The lowest BCUT2D eigenvalue weighted by molar-refractivity contribution is 0.0955. The van der Waals surface area contributed by atoms with E-state index in [-0.39, 0.29) is 11.3 Å². The summed E-state index contributed by atoms with van der Waals surface area (Å²) in [5, 5.41) is 12.5. The molecule has 144 valence electrons. The molecule has 1 N–H and O–H groups in total. The Hall–Kier alpha value is -3.07. The molecule has 0 saturated carbocycles. The fourth-order valence-electron chi connectivity index (χ4n) is 2.34. The first-order valence-corrected chi connectivity index (χ1v) is 9.28. The smallest absolute Gasteiger partial charge is 0.271 e. The van der Waals surface area contributed by atoms with E-state index < -0.39 is 17.5 Å². The minimum atomic E-state index is -0.610. The molecule has 0 spiro atoms. The highest BCUT2D eigenvalue weighted by atomic mass is 32.2. The lowest BCUT2D eigenvalue weighted by Gasteiger charge is -2.06. The van der Waals surface area contributed by atoms with E-state index in [1.807, 2.05) is 23.7 Å². The molecule has 0 fully saturated rings. The third-order valence-corrected chi connectivity index (χ3v) is 5.00. The molecule has 3 rings (SSSR count). The van der Waals surface area contributed by atoms with Crippen molar-refractivity contribution in [2.75, 3.05) is 0 Å². The Bertz CT molecular complexity index is 1020. The SMILES string of the molecule is C/C(=N/NC(=O)c1ccc(CSc2nncn2C)cc1)c1cc(F)ccc1F. The number of nitrogens with zero attached hydrogens (tertiary/aromatic N) is 4. The number of hydrogen-bond donors (Lipinski definition) is 1. The van der Waals surface area contributed by atoms with Crippen molar-refractivity contribution in [3.8, 4) is 0 Å². The van der Waals surface area contributed by atoms with Crippen molar-refractivity contribution >= 4 is 23.4 Å². The van der Waals surface area contributed by atoms with Crippen LogP contribution in [-0.2, 0) is 12.8 Å². The van der Waals surface area contributed by atoms with E-state index in [2.05, 4.69) is 20.7 Å². The molecule has 0 aliphatic carbocycles. The van der Waals surface area contributed by atoms with Crippen LogP contribution in [0, 0.1) is 11.6 Å². The van der Waals surface area contributed by atoms with Gasteiger partial charge in [0.25, 0.3) is 5.91 Å². The number of carbonyl (C=O) groups is 1. The van der Waals surface area contributed by atoms with E-state index in [1.165, 1.54) is 18.7 Å². The van der Waals surface area contributed by atoms with Crippen molar-refractivity contribution < 1.29 is 13.6 Å². The second kappa shape index (κ2) is 8.75. The first kappa shape index (κ1) is 19.7. The highest BCUT2D eigenvalue weighted by Gasteiger charge is 2.09. The molecule has 1 amide bonds. The quantitative estimate of drug-likeness (QED) is 0.390. The third-order valence-electron chi connectivity index (χ3n) is 3.90. The Morgan fingerprint density at radius 3 is 2.64 bits per heavy atom. The summed E-state index contributed by atoms with van der Waals surface area (Å²) >= 11 is 1.54. The van der Waals surface area contributed by atoms with Gasteiger partial charge in [-0.2, -0.15) is 5.10 Å². The van der Waals surface area contributed by atoms with Crippen LogP contribution < -0.4 is 5.43 Å². The monoisotopic (exact) mass is 401 g/mol. The Labute approximate surface area is 164 Å². The van der Waals surface area contributed by atoms with E-state index in [1.54, 1.807) is 18.5 Å². The number of hydrazone groups is 1. The van der Waals surface area contributed by atoms with E-state index in [0.29, 0.717) is 11.3 Å². The van der Waals surface area contributed by atoms with Crippen LogP contribution in [-0.4, -0.2) is 26.4 Å². The zero-order valence-electron chi connectivity index (χ0n) is 15.2. The third kappa shape index (κ3) is 4.80. The summed E-state index contributed by atoms with van der Waals surface area (Å²) in [6, 6.07) is 10.1. The van der Waals surface area contributed by atoms with Crippen molar-refractivity contribution in [2.45, 2.75) is 17.8 Å². The Morgan fingerprint density at radius 2 is 1.96 bits per heavy atom. The number of rotatable bonds is 6. The molecule has 1 heterocycles. The zero-order valence-corrected chi connectivity index (χ0v) is 16.0. The summed E-state index contributed by atoms with van der Waals surface area (Å²) in [7, 11) is 1.87. The van der Waals surface area contributed by atoms with Gasteiger partial charge < -0.3 is 4.57 Å². The molecule has 3 aromatic rings. The van der Waals surface area contributed by atoms with Gasteiger partial charge in [0.1, 0.15) is 18.0 Å². The highest BCUT2D eigenvalue weighted by molar-refractivity contribution is 7.98. The van der Waals surface area contributed by atoms with Crippen molar-refractivity contribution in [3.05, 3.63) is 77.1 Å². The Morgan fingerprint density at radius 1 is 1.21 bits per heavy atom. The molecule has 1 aromatic heterocycles. The standard InChI is InChI=1S/C19H17F2N5OS/c1-12(16-9-15(20)7-8-17(16)21)23-24-18(27)14-5-3-13(4-6-14)10-28-19-25-22-11-26(19)2/h3-9,11H,10H2,1-2H3,(H,24,27)/b23-12-. The molecular weight excluding hydrogens is 384 g/mol. The molecule has 0 radical (unpaired) electrons. The number of aryl methyl sites for hydroxylation is 1. The van der Waals surface area contributed by atoms with Crippen molar-refractivity contribution in [1.82, 2.24) is 20.2 Å². The van der Waals surface area contributed by atoms with Gasteiger partial charge in [-0.25, -0.2) is 14.2 Å². The van der Waals surface area contributed by atoms with Gasteiger partial charge >= 0.3 is 0 Å². The molecule has 28 heavy (non-hydrogen) atoms. The number of amides is 1. The average molecular weight is 401 g/mol. The van der Waals surface area contributed by atoms with Crippen molar-refractivity contribution in [1.29, 1.82) is 0 Å². The Kier molecular flexibility index (Phi) is 6.15. The van der Waals surface area contributed by atoms with Gasteiger partial charge in [-0.1, -0.05) is 23.9 Å². The van der Waals surface area contributed by atoms with E-state index in [4.69, 9.17) is 0 Å². The van der Waals surface area contributed by atoms with Crippen LogP contribution >= 0.6 is 11.8 Å². The van der Waals surface area contributed by atoms with Crippen LogP contribution in [0.3, 0.4) is 0 Å². The van der Waals surface area contributed by atoms with Crippen LogP contribution in [0.2, 0.25) is 0 Å². The van der Waals surface area contributed by atoms with Gasteiger partial charge in [-0.05, 0) is 42.8 Å². The Balaban J connectivity index is 1.61. The number of aromatic nitrogens is 3. The molecule has 0 bridgehead atoms. The number of carbonyl (C=O) groups excluding carboxylic acids is 1. The van der Waals surface area contributed by atoms with Gasteiger partial charge in [-0.3, -0.25) is 4.79 Å². The van der Waals surface area contributed by atoms with Gasteiger partial charge in [0, 0.05) is 23.9 Å². The van der Waals surface area contributed by atoms with E-state index in [0.717, 1.165) is 28.9 Å². The summed E-state index contributed by atoms with van der Waals surface area (Å²) in [6.45, 7) is 1.49. The zero-order chi connectivity index (χ0) is 20.1. The van der Waals surface area contributed by atoms with Crippen LogP contribution in [0.4, 0.5) is 8.78 Å². The van der Waals surface area contributed by atoms with Crippen molar-refractivity contribution in [2.24, 2.45) is 12.1 Å². The highest BCUT2D eigenvalue weighted by Crippen LogP contribution is 2.20. The van der Waals surface area contributed by atoms with Gasteiger partial charge in [-0.15, -0.1) is 10.2 Å². The summed E-state index contributed by atoms with van der Waals surface area (Å²) in [5.74, 6) is -0.942. The van der Waals surface area contributed by atoms with Crippen LogP contribution in [0.15, 0.2) is 59.0 Å². The number of thioether (sulfide) groups is 1. The number of nitrogens with one attached hydrogen (secondary N) is 1. The van der Waals surface area contributed by atoms with Gasteiger partial charge in [0.15, 0.2) is 5.16 Å². The molecule has 0 aliphatic rings. The topological polar surface area (TPSA) is 72.2 Å². The average Bonchev–Trinajstić information content (AvgIpc) is 3.11. The van der Waals surface area contributed by atoms with Crippen LogP contribution in [0.25, 0.3) is 0 Å². The lowest BCUT2D eigenvalue weighted by atomic mass is 10.1. The van der Waals surface area contributed by atoms with Crippen molar-refractivity contribution in [3.63, 3.8) is 0 Å². The summed E-state index contributed by atoms with van der Waals surface area (Å²) < 4.78 is 28.8. The molecule has 0 saturated heterocycles. The fourth-order valence-corrected chi connectivity index (χ4v) is 3.18. The first-order chi connectivity index (χ1) is 13.4.